The fraction of sp³-hybridized carbons (Fsp3) is 0.960. The first-order valence-electron chi connectivity index (χ1n) is 12.1. The van der Waals surface area contributed by atoms with Crippen LogP contribution in [0.25, 0.3) is 0 Å². The standard InChI is InChI=1S/C25H43/c1-2-3-15-23(16-7-8-17-23)25(20-11-12-21-25)24(18-9-10-19-24)22-13-5-4-6-14-22/h2-21H2,1H3. The second-order valence-electron chi connectivity index (χ2n) is 10.3. The summed E-state index contributed by atoms with van der Waals surface area (Å²) in [7, 11) is 0. The Bertz CT molecular complexity index is 409. The molecule has 1 radical (unpaired) electrons. The van der Waals surface area contributed by atoms with Gasteiger partial charge in [-0.15, -0.1) is 0 Å². The SMILES string of the molecule is CCCCC1(C2(C3([C]4CCCCC4)CCCC3)CCCC2)CCCC1. The van der Waals surface area contributed by atoms with Crippen molar-refractivity contribution >= 4 is 0 Å². The van der Waals surface area contributed by atoms with Crippen LogP contribution in [0.2, 0.25) is 0 Å². The van der Waals surface area contributed by atoms with E-state index < -0.39 is 0 Å². The minimum absolute atomic E-state index is 0.683. The summed E-state index contributed by atoms with van der Waals surface area (Å²) in [5.74, 6) is 2.10. The van der Waals surface area contributed by atoms with Gasteiger partial charge in [0, 0.05) is 0 Å². The van der Waals surface area contributed by atoms with Gasteiger partial charge in [-0.2, -0.15) is 0 Å². The van der Waals surface area contributed by atoms with Gasteiger partial charge in [0.15, 0.2) is 0 Å². The van der Waals surface area contributed by atoms with Crippen LogP contribution in [0.3, 0.4) is 0 Å². The normalized spacial score (nSPS) is 31.6. The van der Waals surface area contributed by atoms with E-state index in [0.717, 1.165) is 10.8 Å². The zero-order valence-electron chi connectivity index (χ0n) is 17.1. The first-order valence-corrected chi connectivity index (χ1v) is 12.1. The fourth-order valence-electron chi connectivity index (χ4n) is 8.64. The van der Waals surface area contributed by atoms with Gasteiger partial charge in [-0.05, 0) is 80.0 Å². The summed E-state index contributed by atoms with van der Waals surface area (Å²) in [6.07, 6.45) is 30.8. The highest BCUT2D eigenvalue weighted by Crippen LogP contribution is 2.75. The molecule has 0 aromatic carbocycles. The zero-order valence-corrected chi connectivity index (χ0v) is 17.1. The van der Waals surface area contributed by atoms with Crippen LogP contribution < -0.4 is 0 Å². The molecule has 4 fully saturated rings. The largest absolute Gasteiger partial charge is 0.0654 e. The van der Waals surface area contributed by atoms with Crippen molar-refractivity contribution in [3.05, 3.63) is 5.92 Å². The highest BCUT2D eigenvalue weighted by atomic mass is 14.7. The van der Waals surface area contributed by atoms with Crippen LogP contribution in [-0.4, -0.2) is 0 Å². The molecule has 143 valence electrons. The van der Waals surface area contributed by atoms with E-state index in [9.17, 15) is 0 Å². The summed E-state index contributed by atoms with van der Waals surface area (Å²) in [6, 6.07) is 0. The molecular weight excluding hydrogens is 300 g/mol. The Morgan fingerprint density at radius 3 is 1.80 bits per heavy atom. The fourth-order valence-corrected chi connectivity index (χ4v) is 8.64. The highest BCUT2D eigenvalue weighted by Gasteiger charge is 2.65. The highest BCUT2D eigenvalue weighted by molar-refractivity contribution is 5.22. The van der Waals surface area contributed by atoms with Crippen LogP contribution >= 0.6 is 0 Å². The zero-order chi connectivity index (χ0) is 17.2. The van der Waals surface area contributed by atoms with Crippen LogP contribution in [0.15, 0.2) is 0 Å². The Hall–Kier alpha value is 0. The molecule has 0 aromatic rings. The van der Waals surface area contributed by atoms with E-state index in [1.807, 2.05) is 0 Å². The maximum absolute atomic E-state index is 2.42. The second-order valence-corrected chi connectivity index (χ2v) is 10.3. The topological polar surface area (TPSA) is 0 Å². The van der Waals surface area contributed by atoms with Crippen molar-refractivity contribution in [2.45, 2.75) is 135 Å². The summed E-state index contributed by atoms with van der Waals surface area (Å²) in [5.41, 5.74) is 2.13. The van der Waals surface area contributed by atoms with E-state index in [2.05, 4.69) is 12.8 Å². The quantitative estimate of drug-likeness (QED) is 0.454. The van der Waals surface area contributed by atoms with Crippen molar-refractivity contribution < 1.29 is 0 Å². The van der Waals surface area contributed by atoms with Gasteiger partial charge in [-0.1, -0.05) is 77.6 Å². The Kier molecular flexibility index (Phi) is 5.55. The summed E-state index contributed by atoms with van der Waals surface area (Å²) in [4.78, 5) is 0. The minimum Gasteiger partial charge on any atom is -0.0654 e. The van der Waals surface area contributed by atoms with Crippen molar-refractivity contribution in [3.8, 4) is 0 Å². The van der Waals surface area contributed by atoms with Crippen molar-refractivity contribution in [1.29, 1.82) is 0 Å². The van der Waals surface area contributed by atoms with Crippen molar-refractivity contribution in [3.63, 3.8) is 0 Å². The smallest absolute Gasteiger partial charge is 0.0173 e. The molecule has 0 spiro atoms. The molecule has 4 aliphatic carbocycles. The molecule has 4 saturated carbocycles. The minimum atomic E-state index is 0.683. The molecule has 0 bridgehead atoms. The molecular formula is C25H43. The lowest BCUT2D eigenvalue weighted by atomic mass is 9.43. The Labute approximate surface area is 157 Å². The summed E-state index contributed by atoms with van der Waals surface area (Å²) in [5, 5.41) is 0. The maximum atomic E-state index is 2.42. The average molecular weight is 344 g/mol. The number of hydrogen-bond donors (Lipinski definition) is 0. The second kappa shape index (κ2) is 7.55. The summed E-state index contributed by atoms with van der Waals surface area (Å²) < 4.78 is 0. The molecule has 0 aromatic heterocycles. The number of hydrogen-bond acceptors (Lipinski definition) is 0. The van der Waals surface area contributed by atoms with Gasteiger partial charge in [-0.3, -0.25) is 0 Å². The van der Waals surface area contributed by atoms with Gasteiger partial charge in [0.1, 0.15) is 0 Å². The molecule has 0 atom stereocenters. The first kappa shape index (κ1) is 18.4. The molecule has 0 N–H and O–H groups in total. The molecule has 0 aliphatic heterocycles. The van der Waals surface area contributed by atoms with E-state index in [4.69, 9.17) is 0 Å². The third-order valence-electron chi connectivity index (χ3n) is 9.55. The Morgan fingerprint density at radius 2 is 1.20 bits per heavy atom. The summed E-state index contributed by atoms with van der Waals surface area (Å²) in [6.45, 7) is 2.42. The molecule has 0 heterocycles. The van der Waals surface area contributed by atoms with Crippen LogP contribution in [0.1, 0.15) is 135 Å². The van der Waals surface area contributed by atoms with Crippen molar-refractivity contribution in [1.82, 2.24) is 0 Å². The Balaban J connectivity index is 1.74. The lowest BCUT2D eigenvalue weighted by molar-refractivity contribution is -0.0864. The van der Waals surface area contributed by atoms with Crippen LogP contribution in [0.5, 0.6) is 0 Å². The average Bonchev–Trinajstić information content (AvgIpc) is 3.42. The van der Waals surface area contributed by atoms with Crippen LogP contribution in [0, 0.1) is 22.2 Å². The molecule has 25 heavy (non-hydrogen) atoms. The summed E-state index contributed by atoms with van der Waals surface area (Å²) >= 11 is 0. The van der Waals surface area contributed by atoms with E-state index in [1.165, 1.54) is 70.6 Å². The van der Waals surface area contributed by atoms with Gasteiger partial charge in [0.25, 0.3) is 0 Å². The molecule has 0 amide bonds. The van der Waals surface area contributed by atoms with Gasteiger partial charge < -0.3 is 0 Å². The molecule has 0 heteroatoms. The molecule has 0 saturated heterocycles. The molecule has 4 aliphatic rings. The van der Waals surface area contributed by atoms with E-state index >= 15 is 0 Å². The first-order chi connectivity index (χ1) is 12.3. The monoisotopic (exact) mass is 343 g/mol. The van der Waals surface area contributed by atoms with Gasteiger partial charge >= 0.3 is 0 Å². The van der Waals surface area contributed by atoms with Crippen molar-refractivity contribution in [2.75, 3.05) is 0 Å². The maximum Gasteiger partial charge on any atom is -0.0173 e. The number of rotatable bonds is 6. The Morgan fingerprint density at radius 1 is 0.640 bits per heavy atom. The van der Waals surface area contributed by atoms with Gasteiger partial charge in [0.05, 0.1) is 0 Å². The van der Waals surface area contributed by atoms with E-state index in [-0.39, 0.29) is 0 Å². The van der Waals surface area contributed by atoms with Gasteiger partial charge in [0.2, 0.25) is 0 Å². The van der Waals surface area contributed by atoms with Gasteiger partial charge in [-0.25, -0.2) is 0 Å². The van der Waals surface area contributed by atoms with Crippen molar-refractivity contribution in [2.24, 2.45) is 16.2 Å². The predicted molar refractivity (Wildman–Crippen MR) is 109 cm³/mol. The third-order valence-corrected chi connectivity index (χ3v) is 9.55. The third kappa shape index (κ3) is 2.84. The molecule has 0 nitrogen and oxygen atoms in total. The predicted octanol–water partition coefficient (Wildman–Crippen LogP) is 8.40. The molecule has 4 rings (SSSR count). The lowest BCUT2D eigenvalue weighted by Gasteiger charge is -2.61. The van der Waals surface area contributed by atoms with E-state index in [1.54, 1.807) is 57.8 Å². The number of unbranched alkanes of at least 4 members (excludes halogenated alkanes) is 1. The molecule has 0 unspecified atom stereocenters. The lowest BCUT2D eigenvalue weighted by Crippen LogP contribution is -2.53. The van der Waals surface area contributed by atoms with Crippen LogP contribution in [0.4, 0.5) is 0 Å². The van der Waals surface area contributed by atoms with Crippen LogP contribution in [-0.2, 0) is 0 Å². The van der Waals surface area contributed by atoms with E-state index in [0.29, 0.717) is 5.41 Å².